The third-order valence-corrected chi connectivity index (χ3v) is 6.62. The zero-order chi connectivity index (χ0) is 24.9. The molecule has 0 aromatic heterocycles. The molecule has 0 saturated heterocycles. The van der Waals surface area contributed by atoms with Crippen molar-refractivity contribution in [2.75, 3.05) is 0 Å². The van der Waals surface area contributed by atoms with Crippen molar-refractivity contribution in [2.45, 2.75) is 77.5 Å². The number of hydrogen-bond acceptors (Lipinski definition) is 1. The molecule has 188 valence electrons. The van der Waals surface area contributed by atoms with Crippen molar-refractivity contribution in [3.05, 3.63) is 53.1 Å². The van der Waals surface area contributed by atoms with Crippen LogP contribution in [-0.2, 0) is 6.42 Å². The first kappa shape index (κ1) is 26.4. The standard InChI is InChI=1S/C26H29F7O/c1-2-3-5-16-8-10-17(11-9-16)6-4-7-18-12-20(27)24(21(28)13-18)19-14-22(29)25(23(30)15-19)34-26(31,32)33/h12-17H,2-11H2,1H3. The van der Waals surface area contributed by atoms with Gasteiger partial charge in [0, 0.05) is 0 Å². The predicted molar refractivity (Wildman–Crippen MR) is 116 cm³/mol. The van der Waals surface area contributed by atoms with Gasteiger partial charge in [0.2, 0.25) is 5.75 Å². The molecule has 0 bridgehead atoms. The van der Waals surface area contributed by atoms with Gasteiger partial charge in [0.1, 0.15) is 11.6 Å². The lowest BCUT2D eigenvalue weighted by Gasteiger charge is -2.28. The maximum atomic E-state index is 14.7. The Hall–Kier alpha value is -2.25. The lowest BCUT2D eigenvalue weighted by molar-refractivity contribution is -0.276. The summed E-state index contributed by atoms with van der Waals surface area (Å²) in [5.74, 6) is -5.72. The minimum Gasteiger partial charge on any atom is -0.399 e. The molecule has 2 aromatic rings. The lowest BCUT2D eigenvalue weighted by Crippen LogP contribution is -2.19. The molecule has 1 aliphatic carbocycles. The molecule has 3 rings (SSSR count). The van der Waals surface area contributed by atoms with Crippen LogP contribution in [0.15, 0.2) is 24.3 Å². The maximum Gasteiger partial charge on any atom is 0.573 e. The van der Waals surface area contributed by atoms with Gasteiger partial charge in [-0.1, -0.05) is 58.3 Å². The third-order valence-electron chi connectivity index (χ3n) is 6.62. The van der Waals surface area contributed by atoms with Gasteiger partial charge in [-0.2, -0.15) is 0 Å². The quantitative estimate of drug-likeness (QED) is 0.319. The summed E-state index contributed by atoms with van der Waals surface area (Å²) in [5, 5.41) is 0. The van der Waals surface area contributed by atoms with Crippen LogP contribution in [0.3, 0.4) is 0 Å². The van der Waals surface area contributed by atoms with Gasteiger partial charge in [-0.25, -0.2) is 17.6 Å². The second-order valence-electron chi connectivity index (χ2n) is 9.17. The van der Waals surface area contributed by atoms with Gasteiger partial charge < -0.3 is 4.74 Å². The zero-order valence-corrected chi connectivity index (χ0v) is 19.1. The van der Waals surface area contributed by atoms with Crippen LogP contribution in [0.1, 0.15) is 70.3 Å². The second kappa shape index (κ2) is 11.5. The topological polar surface area (TPSA) is 9.23 Å². The molecular weight excluding hydrogens is 461 g/mol. The molecule has 1 saturated carbocycles. The van der Waals surface area contributed by atoms with Crippen LogP contribution in [0.5, 0.6) is 5.75 Å². The largest absolute Gasteiger partial charge is 0.573 e. The van der Waals surface area contributed by atoms with E-state index in [0.29, 0.717) is 30.0 Å². The van der Waals surface area contributed by atoms with Gasteiger partial charge >= 0.3 is 6.36 Å². The Morgan fingerprint density at radius 3 is 1.74 bits per heavy atom. The van der Waals surface area contributed by atoms with Crippen LogP contribution in [0, 0.1) is 35.1 Å². The highest BCUT2D eigenvalue weighted by molar-refractivity contribution is 5.66. The van der Waals surface area contributed by atoms with Crippen molar-refractivity contribution in [1.29, 1.82) is 0 Å². The van der Waals surface area contributed by atoms with Crippen molar-refractivity contribution >= 4 is 0 Å². The smallest absolute Gasteiger partial charge is 0.399 e. The Morgan fingerprint density at radius 1 is 0.765 bits per heavy atom. The van der Waals surface area contributed by atoms with E-state index in [0.717, 1.165) is 30.9 Å². The molecule has 8 heteroatoms. The van der Waals surface area contributed by atoms with Crippen molar-refractivity contribution in [2.24, 2.45) is 11.8 Å². The van der Waals surface area contributed by atoms with E-state index in [4.69, 9.17) is 0 Å². The molecule has 2 aromatic carbocycles. The Balaban J connectivity index is 1.62. The van der Waals surface area contributed by atoms with E-state index in [1.54, 1.807) is 0 Å². The minimum absolute atomic E-state index is 0.419. The summed E-state index contributed by atoms with van der Waals surface area (Å²) >= 11 is 0. The molecule has 0 heterocycles. The molecule has 0 unspecified atom stereocenters. The third kappa shape index (κ3) is 7.12. The fourth-order valence-electron chi connectivity index (χ4n) is 4.86. The fourth-order valence-corrected chi connectivity index (χ4v) is 4.86. The first-order chi connectivity index (χ1) is 16.1. The summed E-state index contributed by atoms with van der Waals surface area (Å²) < 4.78 is 97.5. The molecule has 1 aliphatic rings. The number of hydrogen-bond donors (Lipinski definition) is 0. The number of benzene rings is 2. The summed E-state index contributed by atoms with van der Waals surface area (Å²) in [7, 11) is 0. The van der Waals surface area contributed by atoms with Crippen molar-refractivity contribution in [3.63, 3.8) is 0 Å². The first-order valence-electron chi connectivity index (χ1n) is 11.8. The van der Waals surface area contributed by atoms with Gasteiger partial charge in [0.05, 0.1) is 5.56 Å². The van der Waals surface area contributed by atoms with E-state index < -0.39 is 46.5 Å². The number of alkyl halides is 3. The summed E-state index contributed by atoms with van der Waals surface area (Å²) in [4.78, 5) is 0. The normalized spacial score (nSPS) is 18.8. The molecule has 0 N–H and O–H groups in total. The van der Waals surface area contributed by atoms with E-state index in [1.807, 2.05) is 0 Å². The summed E-state index contributed by atoms with van der Waals surface area (Å²) in [6, 6.07) is 3.05. The van der Waals surface area contributed by atoms with Crippen LogP contribution in [0.4, 0.5) is 30.7 Å². The lowest BCUT2D eigenvalue weighted by atomic mass is 9.78. The SMILES string of the molecule is CCCCC1CCC(CCCc2cc(F)c(-c3cc(F)c(OC(F)(F)F)c(F)c3)c(F)c2)CC1. The minimum atomic E-state index is -5.31. The Bertz CT molecular complexity index is 916. The highest BCUT2D eigenvalue weighted by Gasteiger charge is 2.34. The molecule has 0 radical (unpaired) electrons. The molecular formula is C26H29F7O. The molecule has 0 spiro atoms. The van der Waals surface area contributed by atoms with E-state index in [2.05, 4.69) is 11.7 Å². The van der Waals surface area contributed by atoms with Crippen molar-refractivity contribution in [1.82, 2.24) is 0 Å². The zero-order valence-electron chi connectivity index (χ0n) is 19.1. The molecule has 0 atom stereocenters. The van der Waals surface area contributed by atoms with E-state index in [1.165, 1.54) is 44.9 Å². The average molecular weight is 491 g/mol. The Kier molecular flexibility index (Phi) is 8.88. The highest BCUT2D eigenvalue weighted by atomic mass is 19.4. The number of rotatable bonds is 9. The highest BCUT2D eigenvalue weighted by Crippen LogP contribution is 2.36. The van der Waals surface area contributed by atoms with Crippen LogP contribution in [-0.4, -0.2) is 6.36 Å². The molecule has 1 nitrogen and oxygen atoms in total. The van der Waals surface area contributed by atoms with Gasteiger partial charge in [0.15, 0.2) is 11.6 Å². The van der Waals surface area contributed by atoms with E-state index in [-0.39, 0.29) is 0 Å². The summed E-state index contributed by atoms with van der Waals surface area (Å²) in [6.07, 6.45) is 5.52. The second-order valence-corrected chi connectivity index (χ2v) is 9.17. The molecule has 0 amide bonds. The summed E-state index contributed by atoms with van der Waals surface area (Å²) in [6.45, 7) is 2.20. The van der Waals surface area contributed by atoms with E-state index >= 15 is 0 Å². The summed E-state index contributed by atoms with van der Waals surface area (Å²) in [5.41, 5.74) is -0.829. The molecule has 34 heavy (non-hydrogen) atoms. The fraction of sp³-hybridized carbons (Fsp3) is 0.538. The van der Waals surface area contributed by atoms with Crippen LogP contribution in [0.25, 0.3) is 11.1 Å². The average Bonchev–Trinajstić information content (AvgIpc) is 2.75. The Labute approximate surface area is 195 Å². The van der Waals surface area contributed by atoms with Gasteiger partial charge in [-0.05, 0) is 60.1 Å². The number of halogens is 7. The van der Waals surface area contributed by atoms with Crippen LogP contribution in [0.2, 0.25) is 0 Å². The van der Waals surface area contributed by atoms with Gasteiger partial charge in [0.25, 0.3) is 0 Å². The Morgan fingerprint density at radius 2 is 1.26 bits per heavy atom. The van der Waals surface area contributed by atoms with Gasteiger partial charge in [-0.15, -0.1) is 13.2 Å². The first-order valence-corrected chi connectivity index (χ1v) is 11.8. The number of unbranched alkanes of at least 4 members (excludes halogenated alkanes) is 1. The van der Waals surface area contributed by atoms with Crippen molar-refractivity contribution in [3.8, 4) is 16.9 Å². The van der Waals surface area contributed by atoms with Crippen LogP contribution >= 0.6 is 0 Å². The molecule has 0 aliphatic heterocycles. The van der Waals surface area contributed by atoms with Crippen molar-refractivity contribution < 1.29 is 35.5 Å². The van der Waals surface area contributed by atoms with E-state index in [9.17, 15) is 30.7 Å². The predicted octanol–water partition coefficient (Wildman–Crippen LogP) is 9.13. The molecule has 1 fully saturated rings. The monoisotopic (exact) mass is 490 g/mol. The van der Waals surface area contributed by atoms with Gasteiger partial charge in [-0.3, -0.25) is 0 Å². The maximum absolute atomic E-state index is 14.7. The number of aryl methyl sites for hydroxylation is 1. The number of ether oxygens (including phenoxy) is 1. The van der Waals surface area contributed by atoms with Crippen LogP contribution < -0.4 is 4.74 Å².